The SMILES string of the molecule is O=C(O)NC(c1cccc(C(F)(F)F)c1)c1ncco1. The van der Waals surface area contributed by atoms with Gasteiger partial charge < -0.3 is 14.8 Å². The summed E-state index contributed by atoms with van der Waals surface area (Å²) in [6, 6.07) is 3.20. The minimum atomic E-state index is -4.51. The summed E-state index contributed by atoms with van der Waals surface area (Å²) in [5.41, 5.74) is -0.789. The Bertz CT molecular complexity index is 596. The molecular weight excluding hydrogens is 277 g/mol. The largest absolute Gasteiger partial charge is 0.465 e. The molecule has 0 saturated carbocycles. The smallest absolute Gasteiger partial charge is 0.416 e. The van der Waals surface area contributed by atoms with E-state index in [1.54, 1.807) is 0 Å². The summed E-state index contributed by atoms with van der Waals surface area (Å²) in [4.78, 5) is 14.5. The second kappa shape index (κ2) is 5.24. The van der Waals surface area contributed by atoms with Crippen molar-refractivity contribution in [2.45, 2.75) is 12.2 Å². The predicted octanol–water partition coefficient (Wildman–Crippen LogP) is 3.05. The molecule has 1 amide bonds. The summed E-state index contributed by atoms with van der Waals surface area (Å²) in [5.74, 6) is -0.0354. The molecule has 0 aliphatic rings. The maximum Gasteiger partial charge on any atom is 0.416 e. The molecule has 20 heavy (non-hydrogen) atoms. The number of carboxylic acid groups (broad SMARTS) is 1. The van der Waals surface area contributed by atoms with Gasteiger partial charge in [-0.2, -0.15) is 13.2 Å². The number of carbonyl (C=O) groups is 1. The number of oxazole rings is 1. The average Bonchev–Trinajstić information content (AvgIpc) is 2.88. The van der Waals surface area contributed by atoms with E-state index in [0.29, 0.717) is 0 Å². The summed E-state index contributed by atoms with van der Waals surface area (Å²) < 4.78 is 42.9. The van der Waals surface area contributed by atoms with E-state index in [-0.39, 0.29) is 11.5 Å². The van der Waals surface area contributed by atoms with Gasteiger partial charge in [0.15, 0.2) is 0 Å². The van der Waals surface area contributed by atoms with Gasteiger partial charge in [0, 0.05) is 0 Å². The number of halogens is 3. The van der Waals surface area contributed by atoms with E-state index in [2.05, 4.69) is 10.3 Å². The van der Waals surface area contributed by atoms with Crippen LogP contribution in [0.5, 0.6) is 0 Å². The first kappa shape index (κ1) is 13.9. The highest BCUT2D eigenvalue weighted by atomic mass is 19.4. The van der Waals surface area contributed by atoms with Gasteiger partial charge in [-0.1, -0.05) is 12.1 Å². The second-order valence-electron chi connectivity index (χ2n) is 3.88. The highest BCUT2D eigenvalue weighted by Crippen LogP contribution is 2.31. The molecule has 5 nitrogen and oxygen atoms in total. The van der Waals surface area contributed by atoms with Gasteiger partial charge >= 0.3 is 12.3 Å². The van der Waals surface area contributed by atoms with E-state index >= 15 is 0 Å². The molecule has 8 heteroatoms. The first-order valence-electron chi connectivity index (χ1n) is 5.44. The van der Waals surface area contributed by atoms with E-state index in [0.717, 1.165) is 12.1 Å². The zero-order valence-corrected chi connectivity index (χ0v) is 9.89. The third-order valence-electron chi connectivity index (χ3n) is 2.51. The van der Waals surface area contributed by atoms with Gasteiger partial charge in [-0.3, -0.25) is 0 Å². The van der Waals surface area contributed by atoms with Crippen LogP contribution >= 0.6 is 0 Å². The summed E-state index contributed by atoms with van der Waals surface area (Å²) in [7, 11) is 0. The van der Waals surface area contributed by atoms with Crippen molar-refractivity contribution in [1.82, 2.24) is 10.3 Å². The minimum Gasteiger partial charge on any atom is -0.465 e. The zero-order chi connectivity index (χ0) is 14.8. The van der Waals surface area contributed by atoms with Crippen LogP contribution in [0.2, 0.25) is 0 Å². The molecule has 1 aromatic heterocycles. The van der Waals surface area contributed by atoms with Crippen LogP contribution in [0, 0.1) is 0 Å². The lowest BCUT2D eigenvalue weighted by Crippen LogP contribution is -2.28. The standard InChI is InChI=1S/C12H9F3N2O3/c13-12(14,15)8-3-1-2-7(6-8)9(17-11(18)19)10-16-4-5-20-10/h1-6,9,17H,(H,18,19). The molecule has 2 N–H and O–H groups in total. The molecule has 0 fully saturated rings. The van der Waals surface area contributed by atoms with Crippen LogP contribution in [0.15, 0.2) is 41.1 Å². The van der Waals surface area contributed by atoms with E-state index in [9.17, 15) is 18.0 Å². The molecule has 0 aliphatic carbocycles. The number of aromatic nitrogens is 1. The fourth-order valence-corrected chi connectivity index (χ4v) is 1.68. The second-order valence-corrected chi connectivity index (χ2v) is 3.88. The highest BCUT2D eigenvalue weighted by Gasteiger charge is 2.31. The van der Waals surface area contributed by atoms with Crippen LogP contribution < -0.4 is 5.32 Å². The third-order valence-corrected chi connectivity index (χ3v) is 2.51. The molecule has 1 heterocycles. The van der Waals surface area contributed by atoms with Crippen molar-refractivity contribution in [3.63, 3.8) is 0 Å². The molecule has 106 valence electrons. The lowest BCUT2D eigenvalue weighted by molar-refractivity contribution is -0.137. The van der Waals surface area contributed by atoms with Gasteiger partial charge in [0.1, 0.15) is 12.3 Å². The Kier molecular flexibility index (Phi) is 3.64. The number of hydrogen-bond donors (Lipinski definition) is 2. The topological polar surface area (TPSA) is 75.4 Å². The van der Waals surface area contributed by atoms with Crippen LogP contribution in [0.25, 0.3) is 0 Å². The highest BCUT2D eigenvalue weighted by molar-refractivity contribution is 5.65. The van der Waals surface area contributed by atoms with Crippen LogP contribution in [-0.2, 0) is 6.18 Å². The number of nitrogens with one attached hydrogen (secondary N) is 1. The number of benzene rings is 1. The van der Waals surface area contributed by atoms with Gasteiger partial charge in [-0.25, -0.2) is 9.78 Å². The van der Waals surface area contributed by atoms with E-state index in [1.165, 1.54) is 24.6 Å². The van der Waals surface area contributed by atoms with Gasteiger partial charge in [0.25, 0.3) is 0 Å². The molecule has 2 aromatic rings. The van der Waals surface area contributed by atoms with Crippen LogP contribution in [0.3, 0.4) is 0 Å². The summed E-state index contributed by atoms with van der Waals surface area (Å²) in [6.45, 7) is 0. The number of amides is 1. The lowest BCUT2D eigenvalue weighted by Gasteiger charge is -2.15. The fraction of sp³-hybridized carbons (Fsp3) is 0.167. The Morgan fingerprint density at radius 1 is 1.40 bits per heavy atom. The molecule has 0 aliphatic heterocycles. The van der Waals surface area contributed by atoms with Crippen molar-refractivity contribution < 1.29 is 27.5 Å². The monoisotopic (exact) mass is 286 g/mol. The molecular formula is C12H9F3N2O3. The fourth-order valence-electron chi connectivity index (χ4n) is 1.68. The quantitative estimate of drug-likeness (QED) is 0.909. The third kappa shape index (κ3) is 3.08. The molecule has 0 spiro atoms. The molecule has 0 saturated heterocycles. The number of hydrogen-bond acceptors (Lipinski definition) is 3. The molecule has 0 radical (unpaired) electrons. The number of nitrogens with zero attached hydrogens (tertiary/aromatic N) is 1. The molecule has 1 unspecified atom stereocenters. The first-order valence-corrected chi connectivity index (χ1v) is 5.44. The lowest BCUT2D eigenvalue weighted by atomic mass is 10.0. The van der Waals surface area contributed by atoms with Gasteiger partial charge in [-0.15, -0.1) is 0 Å². The zero-order valence-electron chi connectivity index (χ0n) is 9.89. The minimum absolute atomic E-state index is 0.0354. The molecule has 2 rings (SSSR count). The summed E-state index contributed by atoms with van der Waals surface area (Å²) >= 11 is 0. The Hall–Kier alpha value is -2.51. The molecule has 1 aromatic carbocycles. The number of alkyl halides is 3. The summed E-state index contributed by atoms with van der Waals surface area (Å²) in [5, 5.41) is 10.8. The van der Waals surface area contributed by atoms with Crippen LogP contribution in [0.4, 0.5) is 18.0 Å². The van der Waals surface area contributed by atoms with Gasteiger partial charge in [-0.05, 0) is 17.7 Å². The van der Waals surface area contributed by atoms with Crippen molar-refractivity contribution in [1.29, 1.82) is 0 Å². The predicted molar refractivity (Wildman–Crippen MR) is 61.0 cm³/mol. The van der Waals surface area contributed by atoms with Crippen LogP contribution in [0.1, 0.15) is 23.1 Å². The van der Waals surface area contributed by atoms with Crippen molar-refractivity contribution in [2.75, 3.05) is 0 Å². The maximum atomic E-state index is 12.7. The first-order chi connectivity index (χ1) is 9.38. The van der Waals surface area contributed by atoms with Crippen molar-refractivity contribution in [3.8, 4) is 0 Å². The Balaban J connectivity index is 2.41. The average molecular weight is 286 g/mol. The maximum absolute atomic E-state index is 12.7. The van der Waals surface area contributed by atoms with Crippen molar-refractivity contribution >= 4 is 6.09 Å². The normalized spacial score (nSPS) is 12.9. The van der Waals surface area contributed by atoms with E-state index in [1.807, 2.05) is 0 Å². The van der Waals surface area contributed by atoms with Crippen LogP contribution in [-0.4, -0.2) is 16.2 Å². The summed E-state index contributed by atoms with van der Waals surface area (Å²) in [6.07, 6.45) is -3.43. The van der Waals surface area contributed by atoms with E-state index in [4.69, 9.17) is 9.52 Å². The Labute approximate surface area is 111 Å². The van der Waals surface area contributed by atoms with Gasteiger partial charge in [0.05, 0.1) is 11.8 Å². The Morgan fingerprint density at radius 2 is 2.15 bits per heavy atom. The molecule has 0 bridgehead atoms. The number of rotatable bonds is 3. The Morgan fingerprint density at radius 3 is 2.70 bits per heavy atom. The van der Waals surface area contributed by atoms with Gasteiger partial charge in [0.2, 0.25) is 5.89 Å². The van der Waals surface area contributed by atoms with E-state index < -0.39 is 23.9 Å². The van der Waals surface area contributed by atoms with Crippen molar-refractivity contribution in [2.24, 2.45) is 0 Å². The molecule has 1 atom stereocenters. The van der Waals surface area contributed by atoms with Crippen molar-refractivity contribution in [3.05, 3.63) is 53.7 Å².